The molecule has 0 fully saturated rings. The molecule has 1 atom stereocenters. The van der Waals surface area contributed by atoms with Crippen molar-refractivity contribution in [2.75, 3.05) is 6.26 Å². The van der Waals surface area contributed by atoms with Crippen LogP contribution in [0.15, 0.2) is 24.3 Å². The number of sulfone groups is 1. The van der Waals surface area contributed by atoms with Gasteiger partial charge in [-0.3, -0.25) is 0 Å². The van der Waals surface area contributed by atoms with E-state index in [1.807, 2.05) is 0 Å². The highest BCUT2D eigenvalue weighted by atomic mass is 35.7. The Morgan fingerprint density at radius 1 is 1.21 bits per heavy atom. The number of hydrogen-bond acceptors (Lipinski definition) is 4. The van der Waals surface area contributed by atoms with E-state index in [2.05, 4.69) is 0 Å². The molecule has 4 nitrogen and oxygen atoms in total. The lowest BCUT2D eigenvalue weighted by molar-refractivity contribution is 0.569. The van der Waals surface area contributed by atoms with Crippen molar-refractivity contribution in [3.05, 3.63) is 24.3 Å². The van der Waals surface area contributed by atoms with E-state index < -0.39 is 23.0 Å². The number of allylic oxidation sites excluding steroid dienone is 3. The molecule has 1 rings (SSSR count). The first-order valence-electron chi connectivity index (χ1n) is 3.69. The highest BCUT2D eigenvalue weighted by molar-refractivity contribution is 8.23. The molecule has 1 aliphatic carbocycles. The Morgan fingerprint density at radius 3 is 2.00 bits per heavy atom. The van der Waals surface area contributed by atoms with E-state index >= 15 is 0 Å². The molecular formula is C7H9ClO4S2. The summed E-state index contributed by atoms with van der Waals surface area (Å²) in [5.74, 6) is 0. The molecule has 0 radical (unpaired) electrons. The third-order valence-electron chi connectivity index (χ3n) is 2.04. The van der Waals surface area contributed by atoms with E-state index in [1.165, 1.54) is 12.2 Å². The molecular weight excluding hydrogens is 248 g/mol. The van der Waals surface area contributed by atoms with Gasteiger partial charge in [-0.25, -0.2) is 16.8 Å². The van der Waals surface area contributed by atoms with E-state index in [0.29, 0.717) is 0 Å². The van der Waals surface area contributed by atoms with E-state index in [1.54, 1.807) is 6.08 Å². The molecule has 0 N–H and O–H groups in total. The van der Waals surface area contributed by atoms with Crippen molar-refractivity contribution in [3.63, 3.8) is 0 Å². The van der Waals surface area contributed by atoms with Gasteiger partial charge in [0.1, 0.15) is 0 Å². The van der Waals surface area contributed by atoms with Gasteiger partial charge in [0, 0.05) is 23.4 Å². The Kier molecular flexibility index (Phi) is 2.82. The average Bonchev–Trinajstić information content (AvgIpc) is 2.02. The lowest BCUT2D eigenvalue weighted by Gasteiger charge is -2.25. The minimum Gasteiger partial charge on any atom is -0.227 e. The van der Waals surface area contributed by atoms with Gasteiger partial charge < -0.3 is 0 Å². The highest BCUT2D eigenvalue weighted by Gasteiger charge is 2.49. The summed E-state index contributed by atoms with van der Waals surface area (Å²) in [6.45, 7) is 0. The summed E-state index contributed by atoms with van der Waals surface area (Å²) >= 11 is 0. The second kappa shape index (κ2) is 3.36. The quantitative estimate of drug-likeness (QED) is 0.686. The molecule has 0 aliphatic heterocycles. The number of halogens is 1. The minimum atomic E-state index is -4.20. The average molecular weight is 257 g/mol. The van der Waals surface area contributed by atoms with Crippen molar-refractivity contribution in [2.24, 2.45) is 0 Å². The molecule has 0 heterocycles. The fraction of sp³-hybridized carbons (Fsp3) is 0.429. The number of hydrogen-bond donors (Lipinski definition) is 0. The lowest BCUT2D eigenvalue weighted by atomic mass is 10.2. The third kappa shape index (κ3) is 1.74. The Morgan fingerprint density at radius 2 is 1.79 bits per heavy atom. The normalized spacial score (nSPS) is 27.9. The van der Waals surface area contributed by atoms with Gasteiger partial charge in [0.05, 0.1) is 0 Å². The van der Waals surface area contributed by atoms with Gasteiger partial charge in [-0.2, -0.15) is 0 Å². The molecule has 1 unspecified atom stereocenters. The fourth-order valence-electron chi connectivity index (χ4n) is 1.22. The smallest absolute Gasteiger partial charge is 0.227 e. The summed E-state index contributed by atoms with van der Waals surface area (Å²) in [6, 6.07) is 0. The molecule has 0 amide bonds. The van der Waals surface area contributed by atoms with Crippen LogP contribution in [0.2, 0.25) is 0 Å². The van der Waals surface area contributed by atoms with Gasteiger partial charge in [0.2, 0.25) is 4.08 Å². The second-order valence-corrected chi connectivity index (χ2v) is 8.37. The van der Waals surface area contributed by atoms with E-state index in [9.17, 15) is 16.8 Å². The first kappa shape index (κ1) is 11.7. The molecule has 80 valence electrons. The van der Waals surface area contributed by atoms with Gasteiger partial charge in [0.25, 0.3) is 9.05 Å². The molecule has 7 heteroatoms. The molecule has 0 aromatic heterocycles. The first-order valence-corrected chi connectivity index (χ1v) is 7.89. The van der Waals surface area contributed by atoms with Gasteiger partial charge in [-0.1, -0.05) is 18.2 Å². The maximum atomic E-state index is 11.4. The van der Waals surface area contributed by atoms with Crippen LogP contribution in [0.4, 0.5) is 0 Å². The summed E-state index contributed by atoms with van der Waals surface area (Å²) in [5.41, 5.74) is 0. The van der Waals surface area contributed by atoms with Gasteiger partial charge in [-0.05, 0) is 6.08 Å². The maximum Gasteiger partial charge on any atom is 0.256 e. The summed E-state index contributed by atoms with van der Waals surface area (Å²) < 4.78 is 43.3. The standard InChI is InChI=1S/C7H9ClO4S2/c1-13(9,10)7(14(8,11)12)5-3-2-4-6-7/h2-5H,6H2,1H3. The predicted molar refractivity (Wildman–Crippen MR) is 55.2 cm³/mol. The lowest BCUT2D eigenvalue weighted by Crippen LogP contribution is -2.41. The second-order valence-electron chi connectivity index (χ2n) is 3.01. The molecule has 1 aliphatic rings. The molecule has 0 aromatic carbocycles. The van der Waals surface area contributed by atoms with Crippen LogP contribution in [0.25, 0.3) is 0 Å². The van der Waals surface area contributed by atoms with Crippen molar-refractivity contribution in [3.8, 4) is 0 Å². The van der Waals surface area contributed by atoms with Crippen LogP contribution in [0.1, 0.15) is 6.42 Å². The van der Waals surface area contributed by atoms with Crippen LogP contribution in [0.3, 0.4) is 0 Å². The summed E-state index contributed by atoms with van der Waals surface area (Å²) in [5, 5.41) is 0. The zero-order valence-corrected chi connectivity index (χ0v) is 9.73. The minimum absolute atomic E-state index is 0.145. The molecule has 14 heavy (non-hydrogen) atoms. The summed E-state index contributed by atoms with van der Waals surface area (Å²) in [7, 11) is -2.84. The largest absolute Gasteiger partial charge is 0.256 e. The van der Waals surface area contributed by atoms with Gasteiger partial charge in [-0.15, -0.1) is 0 Å². The zero-order valence-electron chi connectivity index (χ0n) is 7.34. The number of rotatable bonds is 2. The van der Waals surface area contributed by atoms with Crippen LogP contribution >= 0.6 is 10.7 Å². The van der Waals surface area contributed by atoms with E-state index in [-0.39, 0.29) is 6.42 Å². The first-order chi connectivity index (χ1) is 6.21. The molecule has 0 saturated heterocycles. The van der Waals surface area contributed by atoms with Crippen molar-refractivity contribution >= 4 is 29.6 Å². The van der Waals surface area contributed by atoms with Gasteiger partial charge in [0.15, 0.2) is 9.84 Å². The maximum absolute atomic E-state index is 11.4. The van der Waals surface area contributed by atoms with Crippen molar-refractivity contribution in [1.29, 1.82) is 0 Å². The van der Waals surface area contributed by atoms with E-state index in [4.69, 9.17) is 10.7 Å². The van der Waals surface area contributed by atoms with Crippen LogP contribution in [-0.2, 0) is 18.9 Å². The predicted octanol–water partition coefficient (Wildman–Crippen LogP) is 0.812. The fourth-order valence-corrected chi connectivity index (χ4v) is 5.30. The van der Waals surface area contributed by atoms with E-state index in [0.717, 1.165) is 12.3 Å². The molecule has 0 bridgehead atoms. The van der Waals surface area contributed by atoms with Crippen LogP contribution in [0, 0.1) is 0 Å². The van der Waals surface area contributed by atoms with Crippen LogP contribution in [0.5, 0.6) is 0 Å². The molecule has 0 spiro atoms. The summed E-state index contributed by atoms with van der Waals surface area (Å²) in [4.78, 5) is 0. The topological polar surface area (TPSA) is 68.3 Å². The Labute approximate surface area is 87.6 Å². The Balaban J connectivity index is 3.48. The Hall–Kier alpha value is -0.330. The monoisotopic (exact) mass is 256 g/mol. The van der Waals surface area contributed by atoms with Crippen molar-refractivity contribution < 1.29 is 16.8 Å². The van der Waals surface area contributed by atoms with Crippen LogP contribution < -0.4 is 0 Å². The van der Waals surface area contributed by atoms with Crippen molar-refractivity contribution in [2.45, 2.75) is 10.5 Å². The zero-order chi connectivity index (χ0) is 11.0. The molecule has 0 aromatic rings. The van der Waals surface area contributed by atoms with Gasteiger partial charge >= 0.3 is 0 Å². The molecule has 0 saturated carbocycles. The highest BCUT2D eigenvalue weighted by Crippen LogP contribution is 2.35. The SMILES string of the molecule is CS(=O)(=O)C1(S(=O)(=O)Cl)C=CC=CC1. The summed E-state index contributed by atoms with van der Waals surface area (Å²) in [6.07, 6.45) is 6.21. The Bertz CT molecular complexity index is 452. The van der Waals surface area contributed by atoms with Crippen LogP contribution in [-0.4, -0.2) is 27.2 Å². The van der Waals surface area contributed by atoms with Crippen molar-refractivity contribution in [1.82, 2.24) is 0 Å². The third-order valence-corrected chi connectivity index (χ3v) is 7.39.